The molecule has 7 nitrogen and oxygen atoms in total. The highest BCUT2D eigenvalue weighted by atomic mass is 32.2. The summed E-state index contributed by atoms with van der Waals surface area (Å²) >= 11 is 0.787. The van der Waals surface area contributed by atoms with Gasteiger partial charge in [-0.15, -0.1) is 0 Å². The van der Waals surface area contributed by atoms with Gasteiger partial charge in [-0.3, -0.25) is 14.9 Å². The quantitative estimate of drug-likeness (QED) is 0.618. The van der Waals surface area contributed by atoms with Gasteiger partial charge in [0.2, 0.25) is 0 Å². The first-order valence-electron chi connectivity index (χ1n) is 7.31. The van der Waals surface area contributed by atoms with Crippen LogP contribution in [0.1, 0.15) is 5.56 Å². The van der Waals surface area contributed by atoms with Crippen LogP contribution in [0.4, 0.5) is 4.79 Å². The number of imide groups is 1. The number of rotatable bonds is 5. The maximum absolute atomic E-state index is 12.3. The number of amides is 2. The fourth-order valence-electron chi connectivity index (χ4n) is 2.17. The van der Waals surface area contributed by atoms with E-state index >= 15 is 0 Å². The molecule has 1 heterocycles. The van der Waals surface area contributed by atoms with E-state index in [1.54, 1.807) is 24.3 Å². The molecule has 9 heteroatoms. The van der Waals surface area contributed by atoms with Crippen molar-refractivity contribution in [2.24, 2.45) is 0 Å². The van der Waals surface area contributed by atoms with Gasteiger partial charge < -0.3 is 8.92 Å². The molecule has 1 fully saturated rings. The number of ether oxygens (including phenoxy) is 1. The molecule has 1 saturated heterocycles. The average Bonchev–Trinajstić information content (AvgIpc) is 2.94. The monoisotopic (exact) mass is 391 g/mol. The van der Waals surface area contributed by atoms with Crippen molar-refractivity contribution in [2.45, 2.75) is 4.90 Å². The topological polar surface area (TPSA) is 98.8 Å². The van der Waals surface area contributed by atoms with Crippen molar-refractivity contribution < 1.29 is 26.9 Å². The van der Waals surface area contributed by atoms with Gasteiger partial charge in [0.25, 0.3) is 11.1 Å². The van der Waals surface area contributed by atoms with Crippen molar-refractivity contribution in [3.63, 3.8) is 0 Å². The van der Waals surface area contributed by atoms with Gasteiger partial charge in [0.15, 0.2) is 11.5 Å². The molecule has 0 radical (unpaired) electrons. The second kappa shape index (κ2) is 7.22. The number of carbonyl (C=O) groups is 2. The van der Waals surface area contributed by atoms with Gasteiger partial charge in [-0.1, -0.05) is 24.3 Å². The maximum Gasteiger partial charge on any atom is 0.339 e. The zero-order valence-electron chi connectivity index (χ0n) is 13.5. The zero-order chi connectivity index (χ0) is 18.7. The second-order valence-electron chi connectivity index (χ2n) is 5.11. The van der Waals surface area contributed by atoms with Gasteiger partial charge in [0, 0.05) is 0 Å². The van der Waals surface area contributed by atoms with Crippen LogP contribution in [0.3, 0.4) is 0 Å². The van der Waals surface area contributed by atoms with Crippen molar-refractivity contribution in [2.75, 3.05) is 7.11 Å². The molecule has 1 N–H and O–H groups in total. The Morgan fingerprint density at radius 3 is 2.38 bits per heavy atom. The van der Waals surface area contributed by atoms with Crippen LogP contribution >= 0.6 is 11.8 Å². The van der Waals surface area contributed by atoms with E-state index in [1.165, 1.54) is 37.5 Å². The number of hydrogen-bond acceptors (Lipinski definition) is 7. The molecule has 1 aliphatic rings. The minimum absolute atomic E-state index is 0.0121. The molecule has 2 aromatic rings. The molecule has 0 spiro atoms. The SMILES string of the molecule is COc1cc(/C=C2/SC(=O)NC2=O)ccc1OS(=O)(=O)c1ccccc1. The predicted octanol–water partition coefficient (Wildman–Crippen LogP) is 2.79. The summed E-state index contributed by atoms with van der Waals surface area (Å²) in [5.41, 5.74) is 0.554. The highest BCUT2D eigenvalue weighted by molar-refractivity contribution is 8.18. The number of hydrogen-bond donors (Lipinski definition) is 1. The summed E-state index contributed by atoms with van der Waals surface area (Å²) in [6.07, 6.45) is 1.50. The van der Waals surface area contributed by atoms with Crippen LogP contribution in [0.5, 0.6) is 11.5 Å². The first-order chi connectivity index (χ1) is 12.4. The Morgan fingerprint density at radius 1 is 1.04 bits per heavy atom. The lowest BCUT2D eigenvalue weighted by molar-refractivity contribution is -0.115. The van der Waals surface area contributed by atoms with Crippen molar-refractivity contribution in [1.29, 1.82) is 0 Å². The summed E-state index contributed by atoms with van der Waals surface area (Å²) in [5.74, 6) is -0.294. The predicted molar refractivity (Wildman–Crippen MR) is 96.4 cm³/mol. The number of nitrogens with one attached hydrogen (secondary N) is 1. The molecule has 0 bridgehead atoms. The van der Waals surface area contributed by atoms with E-state index in [2.05, 4.69) is 5.32 Å². The van der Waals surface area contributed by atoms with Crippen molar-refractivity contribution in [3.05, 3.63) is 59.0 Å². The van der Waals surface area contributed by atoms with Crippen molar-refractivity contribution in [3.8, 4) is 11.5 Å². The van der Waals surface area contributed by atoms with E-state index in [1.807, 2.05) is 0 Å². The largest absolute Gasteiger partial charge is 0.493 e. The summed E-state index contributed by atoms with van der Waals surface area (Å²) in [5, 5.41) is 1.72. The Balaban J connectivity index is 1.89. The Kier molecular flexibility index (Phi) is 5.01. The molecule has 2 aromatic carbocycles. The third-order valence-corrected chi connectivity index (χ3v) is 5.42. The van der Waals surface area contributed by atoms with Gasteiger partial charge in [-0.05, 0) is 47.7 Å². The first-order valence-corrected chi connectivity index (χ1v) is 9.54. The average molecular weight is 391 g/mol. The lowest BCUT2D eigenvalue weighted by Gasteiger charge is -2.11. The molecule has 3 rings (SSSR count). The normalized spacial score (nSPS) is 15.8. The van der Waals surface area contributed by atoms with Crippen LogP contribution in [0, 0.1) is 0 Å². The van der Waals surface area contributed by atoms with E-state index in [4.69, 9.17) is 8.92 Å². The van der Waals surface area contributed by atoms with Crippen molar-refractivity contribution in [1.82, 2.24) is 5.32 Å². The van der Waals surface area contributed by atoms with E-state index in [-0.39, 0.29) is 21.3 Å². The minimum Gasteiger partial charge on any atom is -0.493 e. The Morgan fingerprint density at radius 2 is 1.77 bits per heavy atom. The summed E-state index contributed by atoms with van der Waals surface area (Å²) in [7, 11) is -2.64. The number of carbonyl (C=O) groups excluding carboxylic acids is 2. The Labute approximate surface area is 154 Å². The minimum atomic E-state index is -4.01. The fraction of sp³-hybridized carbons (Fsp3) is 0.0588. The van der Waals surface area contributed by atoms with Gasteiger partial charge in [0.1, 0.15) is 4.90 Å². The van der Waals surface area contributed by atoms with E-state index in [9.17, 15) is 18.0 Å². The van der Waals surface area contributed by atoms with Crippen LogP contribution in [0.25, 0.3) is 6.08 Å². The van der Waals surface area contributed by atoms with E-state index < -0.39 is 21.3 Å². The molecular weight excluding hydrogens is 378 g/mol. The third-order valence-electron chi connectivity index (χ3n) is 3.36. The van der Waals surface area contributed by atoms with E-state index in [0.717, 1.165) is 11.8 Å². The number of thioether (sulfide) groups is 1. The third kappa shape index (κ3) is 3.89. The highest BCUT2D eigenvalue weighted by Gasteiger charge is 2.25. The van der Waals surface area contributed by atoms with Gasteiger partial charge in [-0.2, -0.15) is 8.42 Å². The smallest absolute Gasteiger partial charge is 0.339 e. The molecule has 2 amide bonds. The molecule has 0 aromatic heterocycles. The van der Waals surface area contributed by atoms with Gasteiger partial charge in [0.05, 0.1) is 12.0 Å². The number of benzene rings is 2. The van der Waals surface area contributed by atoms with E-state index in [0.29, 0.717) is 5.56 Å². The molecular formula is C17H13NO6S2. The summed E-state index contributed by atoms with van der Waals surface area (Å²) < 4.78 is 35.0. The highest BCUT2D eigenvalue weighted by Crippen LogP contribution is 2.33. The lowest BCUT2D eigenvalue weighted by Crippen LogP contribution is -2.17. The summed E-state index contributed by atoms with van der Waals surface area (Å²) in [6, 6.07) is 12.2. The van der Waals surface area contributed by atoms with Gasteiger partial charge in [-0.25, -0.2) is 0 Å². The van der Waals surface area contributed by atoms with Crippen molar-refractivity contribution >= 4 is 39.1 Å². The fourth-order valence-corrected chi connectivity index (χ4v) is 3.81. The zero-order valence-corrected chi connectivity index (χ0v) is 15.1. The van der Waals surface area contributed by atoms with Crippen LogP contribution < -0.4 is 14.2 Å². The molecule has 26 heavy (non-hydrogen) atoms. The van der Waals surface area contributed by atoms with Crippen LogP contribution in [-0.4, -0.2) is 26.7 Å². The van der Waals surface area contributed by atoms with Crippen LogP contribution in [0.2, 0.25) is 0 Å². The molecule has 0 saturated carbocycles. The molecule has 134 valence electrons. The second-order valence-corrected chi connectivity index (χ2v) is 7.67. The molecule has 0 unspecified atom stereocenters. The van der Waals surface area contributed by atoms with Crippen LogP contribution in [-0.2, 0) is 14.9 Å². The van der Waals surface area contributed by atoms with Gasteiger partial charge >= 0.3 is 10.1 Å². The lowest BCUT2D eigenvalue weighted by atomic mass is 10.2. The molecule has 0 atom stereocenters. The Hall–Kier alpha value is -2.78. The van der Waals surface area contributed by atoms with Crippen LogP contribution in [0.15, 0.2) is 58.3 Å². The standard InChI is InChI=1S/C17H13NO6S2/c1-23-14-9-11(10-15-16(19)18-17(20)25-15)7-8-13(14)24-26(21,22)12-5-3-2-4-6-12/h2-10H,1H3,(H,18,19,20)/b15-10+. The Bertz CT molecular complexity index is 999. The maximum atomic E-state index is 12.3. The summed E-state index contributed by atoms with van der Waals surface area (Å²) in [4.78, 5) is 23.1. The first kappa shape index (κ1) is 18.0. The molecule has 0 aliphatic carbocycles. The number of methoxy groups -OCH3 is 1. The summed E-state index contributed by atoms with van der Waals surface area (Å²) in [6.45, 7) is 0. The molecule has 1 aliphatic heterocycles.